The van der Waals surface area contributed by atoms with E-state index >= 15 is 0 Å². The molecule has 1 aliphatic rings. The van der Waals surface area contributed by atoms with Gasteiger partial charge in [-0.2, -0.15) is 0 Å². The van der Waals surface area contributed by atoms with Gasteiger partial charge in [-0.1, -0.05) is 30.4 Å². The standard InChI is InChI=1S/C14H16N2O2S/c1-9-8-16(7-6-10(9)13(17)18)14-15-11-4-2-3-5-12(11)19-14/h2-5,9-10H,6-8H2,1H3,(H,17,18). The van der Waals surface area contributed by atoms with Crippen LogP contribution < -0.4 is 4.90 Å². The van der Waals surface area contributed by atoms with Crippen molar-refractivity contribution < 1.29 is 9.90 Å². The molecular weight excluding hydrogens is 260 g/mol. The molecule has 0 radical (unpaired) electrons. The van der Waals surface area contributed by atoms with E-state index in [1.807, 2.05) is 25.1 Å². The van der Waals surface area contributed by atoms with E-state index in [1.54, 1.807) is 11.3 Å². The van der Waals surface area contributed by atoms with E-state index < -0.39 is 5.97 Å². The summed E-state index contributed by atoms with van der Waals surface area (Å²) in [5, 5.41) is 10.2. The summed E-state index contributed by atoms with van der Waals surface area (Å²) in [5.41, 5.74) is 1.02. The van der Waals surface area contributed by atoms with E-state index in [0.717, 1.165) is 23.7 Å². The smallest absolute Gasteiger partial charge is 0.306 e. The zero-order chi connectivity index (χ0) is 13.4. The van der Waals surface area contributed by atoms with Crippen molar-refractivity contribution in [2.24, 2.45) is 11.8 Å². The molecule has 2 atom stereocenters. The summed E-state index contributed by atoms with van der Waals surface area (Å²) in [6.45, 7) is 3.57. The minimum absolute atomic E-state index is 0.165. The number of para-hydroxylation sites is 1. The molecule has 19 heavy (non-hydrogen) atoms. The molecule has 1 saturated heterocycles. The van der Waals surface area contributed by atoms with Gasteiger partial charge in [0.15, 0.2) is 5.13 Å². The molecule has 2 heterocycles. The molecule has 3 rings (SSSR count). The predicted molar refractivity (Wildman–Crippen MR) is 76.7 cm³/mol. The number of aromatic nitrogens is 1. The molecule has 100 valence electrons. The number of nitrogens with zero attached hydrogens (tertiary/aromatic N) is 2. The number of piperidine rings is 1. The zero-order valence-corrected chi connectivity index (χ0v) is 11.6. The lowest BCUT2D eigenvalue weighted by Crippen LogP contribution is -2.42. The van der Waals surface area contributed by atoms with E-state index in [1.165, 1.54) is 4.70 Å². The van der Waals surface area contributed by atoms with Crippen molar-refractivity contribution in [1.82, 2.24) is 4.98 Å². The fourth-order valence-electron chi connectivity index (χ4n) is 2.68. The Morgan fingerprint density at radius 2 is 2.26 bits per heavy atom. The SMILES string of the molecule is CC1CN(c2nc3ccccc3s2)CCC1C(=O)O. The van der Waals surface area contributed by atoms with Gasteiger partial charge in [-0.15, -0.1) is 0 Å². The maximum atomic E-state index is 11.1. The molecule has 4 nitrogen and oxygen atoms in total. The molecule has 0 bridgehead atoms. The van der Waals surface area contributed by atoms with Crippen LogP contribution in [0.5, 0.6) is 0 Å². The van der Waals surface area contributed by atoms with Crippen LogP contribution in [-0.2, 0) is 4.79 Å². The molecule has 1 N–H and O–H groups in total. The van der Waals surface area contributed by atoms with Crippen molar-refractivity contribution >= 4 is 32.7 Å². The summed E-state index contributed by atoms with van der Waals surface area (Å²) < 4.78 is 1.19. The van der Waals surface area contributed by atoms with E-state index in [2.05, 4.69) is 16.0 Å². The van der Waals surface area contributed by atoms with Gasteiger partial charge >= 0.3 is 5.97 Å². The Kier molecular flexibility index (Phi) is 3.14. The average molecular weight is 276 g/mol. The Bertz CT molecular complexity index is 577. The van der Waals surface area contributed by atoms with Gasteiger partial charge in [0.25, 0.3) is 0 Å². The first-order valence-electron chi connectivity index (χ1n) is 6.48. The summed E-state index contributed by atoms with van der Waals surface area (Å²) in [4.78, 5) is 18.0. The maximum Gasteiger partial charge on any atom is 0.306 e. The van der Waals surface area contributed by atoms with Gasteiger partial charge in [-0.25, -0.2) is 4.98 Å². The number of carboxylic acid groups (broad SMARTS) is 1. The van der Waals surface area contributed by atoms with Gasteiger partial charge < -0.3 is 10.0 Å². The van der Waals surface area contributed by atoms with Crippen molar-refractivity contribution in [2.75, 3.05) is 18.0 Å². The van der Waals surface area contributed by atoms with Crippen LogP contribution in [0.3, 0.4) is 0 Å². The molecule has 0 amide bonds. The molecule has 2 unspecified atom stereocenters. The number of fused-ring (bicyclic) bond motifs is 1. The van der Waals surface area contributed by atoms with Crippen molar-refractivity contribution in [3.8, 4) is 0 Å². The lowest BCUT2D eigenvalue weighted by molar-refractivity contribution is -0.144. The molecule has 1 aromatic heterocycles. The fourth-order valence-corrected chi connectivity index (χ4v) is 3.68. The fraction of sp³-hybridized carbons (Fsp3) is 0.429. The molecule has 2 aromatic rings. The van der Waals surface area contributed by atoms with E-state index in [0.29, 0.717) is 6.42 Å². The molecule has 1 aromatic carbocycles. The Hall–Kier alpha value is -1.62. The van der Waals surface area contributed by atoms with Gasteiger partial charge in [0.05, 0.1) is 16.1 Å². The van der Waals surface area contributed by atoms with Gasteiger partial charge in [-0.05, 0) is 24.5 Å². The highest BCUT2D eigenvalue weighted by molar-refractivity contribution is 7.22. The Morgan fingerprint density at radius 1 is 1.47 bits per heavy atom. The highest BCUT2D eigenvalue weighted by Gasteiger charge is 2.32. The summed E-state index contributed by atoms with van der Waals surface area (Å²) in [5.74, 6) is -0.722. The van der Waals surface area contributed by atoms with Crippen LogP contribution in [0.1, 0.15) is 13.3 Å². The molecular formula is C14H16N2O2S. The van der Waals surface area contributed by atoms with E-state index in [9.17, 15) is 4.79 Å². The Labute approximate surface area is 115 Å². The van der Waals surface area contributed by atoms with Crippen LogP contribution >= 0.6 is 11.3 Å². The molecule has 5 heteroatoms. The maximum absolute atomic E-state index is 11.1. The number of aliphatic carboxylic acids is 1. The van der Waals surface area contributed by atoms with Crippen LogP contribution in [0.25, 0.3) is 10.2 Å². The van der Waals surface area contributed by atoms with Crippen LogP contribution in [0, 0.1) is 11.8 Å². The third-order valence-electron chi connectivity index (χ3n) is 3.78. The van der Waals surface area contributed by atoms with E-state index in [-0.39, 0.29) is 11.8 Å². The number of anilines is 1. The number of carboxylic acids is 1. The largest absolute Gasteiger partial charge is 0.481 e. The third-order valence-corrected chi connectivity index (χ3v) is 4.87. The number of hydrogen-bond acceptors (Lipinski definition) is 4. The second-order valence-corrected chi connectivity index (χ2v) is 6.13. The molecule has 1 fully saturated rings. The quantitative estimate of drug-likeness (QED) is 0.916. The first-order chi connectivity index (χ1) is 9.15. The van der Waals surface area contributed by atoms with Gasteiger partial charge in [0, 0.05) is 13.1 Å². The molecule has 0 aliphatic carbocycles. The number of benzene rings is 1. The number of hydrogen-bond donors (Lipinski definition) is 1. The lowest BCUT2D eigenvalue weighted by atomic mass is 9.87. The van der Waals surface area contributed by atoms with Crippen molar-refractivity contribution in [1.29, 1.82) is 0 Å². The zero-order valence-electron chi connectivity index (χ0n) is 10.7. The molecule has 0 spiro atoms. The normalized spacial score (nSPS) is 23.7. The average Bonchev–Trinajstić information content (AvgIpc) is 2.81. The van der Waals surface area contributed by atoms with Crippen LogP contribution in [0.2, 0.25) is 0 Å². The third kappa shape index (κ3) is 2.30. The number of rotatable bonds is 2. The Balaban J connectivity index is 1.82. The van der Waals surface area contributed by atoms with E-state index in [4.69, 9.17) is 5.11 Å². The van der Waals surface area contributed by atoms with Gasteiger partial charge in [-0.3, -0.25) is 4.79 Å². The van der Waals surface area contributed by atoms with Crippen LogP contribution in [0.15, 0.2) is 24.3 Å². The highest BCUT2D eigenvalue weighted by Crippen LogP contribution is 2.33. The predicted octanol–water partition coefficient (Wildman–Crippen LogP) is 2.84. The van der Waals surface area contributed by atoms with Gasteiger partial charge in [0.2, 0.25) is 0 Å². The Morgan fingerprint density at radius 3 is 2.95 bits per heavy atom. The van der Waals surface area contributed by atoms with Crippen molar-refractivity contribution in [3.63, 3.8) is 0 Å². The summed E-state index contributed by atoms with van der Waals surface area (Å²) in [6.07, 6.45) is 0.701. The van der Waals surface area contributed by atoms with Crippen molar-refractivity contribution in [3.05, 3.63) is 24.3 Å². The van der Waals surface area contributed by atoms with Crippen LogP contribution in [-0.4, -0.2) is 29.1 Å². The van der Waals surface area contributed by atoms with Gasteiger partial charge in [0.1, 0.15) is 0 Å². The summed E-state index contributed by atoms with van der Waals surface area (Å²) >= 11 is 1.68. The van der Waals surface area contributed by atoms with Crippen molar-refractivity contribution in [2.45, 2.75) is 13.3 Å². The first-order valence-corrected chi connectivity index (χ1v) is 7.30. The minimum Gasteiger partial charge on any atom is -0.481 e. The second kappa shape index (κ2) is 4.81. The number of carbonyl (C=O) groups is 1. The first kappa shape index (κ1) is 12.4. The second-order valence-electron chi connectivity index (χ2n) is 5.12. The summed E-state index contributed by atoms with van der Waals surface area (Å²) in [6, 6.07) is 8.10. The molecule has 1 aliphatic heterocycles. The molecule has 0 saturated carbocycles. The highest BCUT2D eigenvalue weighted by atomic mass is 32.1. The van der Waals surface area contributed by atoms with Crippen LogP contribution in [0.4, 0.5) is 5.13 Å². The lowest BCUT2D eigenvalue weighted by Gasteiger charge is -2.34. The summed E-state index contributed by atoms with van der Waals surface area (Å²) in [7, 11) is 0. The number of thiazole rings is 1. The topological polar surface area (TPSA) is 53.4 Å². The monoisotopic (exact) mass is 276 g/mol. The minimum atomic E-state index is -0.670.